The largest absolute Gasteiger partial charge is 0.462 e. The number of hydrogen-bond acceptors (Lipinski definition) is 3. The van der Waals surface area contributed by atoms with E-state index in [1.807, 2.05) is 0 Å². The Labute approximate surface area is 78.4 Å². The van der Waals surface area contributed by atoms with Gasteiger partial charge in [-0.3, -0.25) is 4.79 Å². The summed E-state index contributed by atoms with van der Waals surface area (Å²) in [7, 11) is 0. The lowest BCUT2D eigenvalue weighted by Crippen LogP contribution is -2.35. The highest BCUT2D eigenvalue weighted by Crippen LogP contribution is 2.35. The molecule has 3 heteroatoms. The maximum Gasteiger partial charge on any atom is 0.302 e. The average Bonchev–Trinajstić information content (AvgIpc) is 2.51. The summed E-state index contributed by atoms with van der Waals surface area (Å²) >= 11 is 0. The lowest BCUT2D eigenvalue weighted by atomic mass is 9.83. The van der Waals surface area contributed by atoms with Crippen molar-refractivity contribution in [3.63, 3.8) is 0 Å². The summed E-state index contributed by atoms with van der Waals surface area (Å²) in [6.45, 7) is 2.33. The van der Waals surface area contributed by atoms with Crippen LogP contribution in [0.25, 0.3) is 0 Å². The van der Waals surface area contributed by atoms with Crippen molar-refractivity contribution in [1.82, 2.24) is 0 Å². The minimum atomic E-state index is -0.155. The Morgan fingerprint density at radius 3 is 3.00 bits per heavy atom. The van der Waals surface area contributed by atoms with Crippen LogP contribution in [0.15, 0.2) is 0 Å². The van der Waals surface area contributed by atoms with Gasteiger partial charge in [0.1, 0.15) is 6.10 Å². The van der Waals surface area contributed by atoms with Crippen molar-refractivity contribution >= 4 is 5.97 Å². The topological polar surface area (TPSA) is 35.5 Å². The molecule has 0 amide bonds. The smallest absolute Gasteiger partial charge is 0.302 e. The first kappa shape index (κ1) is 9.00. The first-order valence-corrected chi connectivity index (χ1v) is 5.06. The van der Waals surface area contributed by atoms with Gasteiger partial charge in [-0.05, 0) is 25.7 Å². The molecule has 2 fully saturated rings. The summed E-state index contributed by atoms with van der Waals surface area (Å²) in [5.41, 5.74) is 0. The minimum absolute atomic E-state index is 0.124. The molecular weight excluding hydrogens is 168 g/mol. The van der Waals surface area contributed by atoms with Gasteiger partial charge in [0.2, 0.25) is 0 Å². The van der Waals surface area contributed by atoms with Gasteiger partial charge in [-0.2, -0.15) is 0 Å². The predicted octanol–water partition coefficient (Wildman–Crippen LogP) is 1.51. The molecule has 0 N–H and O–H groups in total. The van der Waals surface area contributed by atoms with Gasteiger partial charge in [-0.1, -0.05) is 0 Å². The van der Waals surface area contributed by atoms with E-state index < -0.39 is 0 Å². The Kier molecular flexibility index (Phi) is 2.54. The van der Waals surface area contributed by atoms with Gasteiger partial charge in [-0.15, -0.1) is 0 Å². The lowest BCUT2D eigenvalue weighted by Gasteiger charge is -2.31. The molecule has 0 radical (unpaired) electrons. The van der Waals surface area contributed by atoms with Gasteiger partial charge in [0.25, 0.3) is 0 Å². The highest BCUT2D eigenvalue weighted by molar-refractivity contribution is 5.66. The highest BCUT2D eigenvalue weighted by atomic mass is 16.5. The van der Waals surface area contributed by atoms with Crippen LogP contribution in [-0.4, -0.2) is 24.8 Å². The quantitative estimate of drug-likeness (QED) is 0.579. The molecule has 1 aliphatic heterocycles. The van der Waals surface area contributed by atoms with Crippen molar-refractivity contribution in [2.75, 3.05) is 6.61 Å². The van der Waals surface area contributed by atoms with Gasteiger partial charge < -0.3 is 9.47 Å². The van der Waals surface area contributed by atoms with E-state index >= 15 is 0 Å². The molecule has 3 atom stereocenters. The van der Waals surface area contributed by atoms with E-state index in [0.29, 0.717) is 12.0 Å². The lowest BCUT2D eigenvalue weighted by molar-refractivity contribution is -0.152. The molecule has 1 aliphatic carbocycles. The number of hydrogen-bond donors (Lipinski definition) is 0. The molecule has 3 nitrogen and oxygen atoms in total. The van der Waals surface area contributed by atoms with Crippen molar-refractivity contribution in [1.29, 1.82) is 0 Å². The van der Waals surface area contributed by atoms with Crippen molar-refractivity contribution < 1.29 is 14.3 Å². The van der Waals surface area contributed by atoms with Crippen LogP contribution in [0.1, 0.15) is 32.6 Å². The van der Waals surface area contributed by atoms with E-state index in [4.69, 9.17) is 9.47 Å². The fourth-order valence-corrected chi connectivity index (χ4v) is 2.48. The molecule has 3 unspecified atom stereocenters. The first-order valence-electron chi connectivity index (χ1n) is 5.06. The second-order valence-corrected chi connectivity index (χ2v) is 3.94. The molecule has 0 bridgehead atoms. The third-order valence-corrected chi connectivity index (χ3v) is 3.03. The zero-order valence-corrected chi connectivity index (χ0v) is 7.99. The zero-order chi connectivity index (χ0) is 9.26. The van der Waals surface area contributed by atoms with Gasteiger partial charge in [-0.25, -0.2) is 0 Å². The molecule has 0 aromatic heterocycles. The summed E-state index contributed by atoms with van der Waals surface area (Å²) < 4.78 is 10.9. The molecule has 1 heterocycles. The summed E-state index contributed by atoms with van der Waals surface area (Å²) in [5, 5.41) is 0. The summed E-state index contributed by atoms with van der Waals surface area (Å²) in [6.07, 6.45) is 4.82. The van der Waals surface area contributed by atoms with Crippen LogP contribution in [0, 0.1) is 5.92 Å². The Morgan fingerprint density at radius 1 is 1.38 bits per heavy atom. The molecule has 13 heavy (non-hydrogen) atoms. The van der Waals surface area contributed by atoms with Crippen LogP contribution in [0.2, 0.25) is 0 Å². The number of carbonyl (C=O) groups is 1. The SMILES string of the molecule is CC(=O)OC1CCCC2OCCC21. The predicted molar refractivity (Wildman–Crippen MR) is 47.3 cm³/mol. The number of ether oxygens (including phenoxy) is 2. The number of rotatable bonds is 1. The van der Waals surface area contributed by atoms with Crippen LogP contribution in [0.5, 0.6) is 0 Å². The molecule has 1 saturated heterocycles. The second-order valence-electron chi connectivity index (χ2n) is 3.94. The van der Waals surface area contributed by atoms with E-state index in [-0.39, 0.29) is 12.1 Å². The second kappa shape index (κ2) is 3.66. The van der Waals surface area contributed by atoms with Gasteiger partial charge in [0.15, 0.2) is 0 Å². The Morgan fingerprint density at radius 2 is 2.23 bits per heavy atom. The minimum Gasteiger partial charge on any atom is -0.462 e. The molecule has 0 aromatic rings. The van der Waals surface area contributed by atoms with Gasteiger partial charge >= 0.3 is 5.97 Å². The third-order valence-electron chi connectivity index (χ3n) is 3.03. The first-order chi connectivity index (χ1) is 6.27. The fraction of sp³-hybridized carbons (Fsp3) is 0.900. The number of fused-ring (bicyclic) bond motifs is 1. The molecule has 74 valence electrons. The number of esters is 1. The van der Waals surface area contributed by atoms with Crippen LogP contribution in [0.4, 0.5) is 0 Å². The van der Waals surface area contributed by atoms with Gasteiger partial charge in [0.05, 0.1) is 6.10 Å². The van der Waals surface area contributed by atoms with Crippen molar-refractivity contribution in [2.24, 2.45) is 5.92 Å². The average molecular weight is 184 g/mol. The summed E-state index contributed by atoms with van der Waals surface area (Å²) in [5.74, 6) is 0.315. The monoisotopic (exact) mass is 184 g/mol. The van der Waals surface area contributed by atoms with Crippen LogP contribution < -0.4 is 0 Å². The van der Waals surface area contributed by atoms with E-state index in [1.165, 1.54) is 6.92 Å². The van der Waals surface area contributed by atoms with Crippen LogP contribution >= 0.6 is 0 Å². The molecule has 1 saturated carbocycles. The van der Waals surface area contributed by atoms with Crippen LogP contribution in [-0.2, 0) is 14.3 Å². The van der Waals surface area contributed by atoms with Gasteiger partial charge in [0, 0.05) is 19.4 Å². The fourth-order valence-electron chi connectivity index (χ4n) is 2.48. The van der Waals surface area contributed by atoms with E-state index in [0.717, 1.165) is 32.3 Å². The zero-order valence-electron chi connectivity index (χ0n) is 7.99. The Bertz CT molecular complexity index is 202. The molecule has 0 spiro atoms. The number of carbonyl (C=O) groups excluding carboxylic acids is 1. The summed E-state index contributed by atoms with van der Waals surface area (Å²) in [4.78, 5) is 10.8. The standard InChI is InChI=1S/C10H16O3/c1-7(11)13-10-4-2-3-9-8(10)5-6-12-9/h8-10H,2-6H2,1H3. The van der Waals surface area contributed by atoms with Crippen LogP contribution in [0.3, 0.4) is 0 Å². The molecule has 0 aromatic carbocycles. The maximum absolute atomic E-state index is 10.8. The maximum atomic E-state index is 10.8. The Hall–Kier alpha value is -0.570. The van der Waals surface area contributed by atoms with E-state index in [1.54, 1.807) is 0 Å². The molecule has 2 rings (SSSR count). The normalized spacial score (nSPS) is 38.4. The highest BCUT2D eigenvalue weighted by Gasteiger charge is 2.39. The third kappa shape index (κ3) is 1.85. The molecule has 2 aliphatic rings. The van der Waals surface area contributed by atoms with Crippen molar-refractivity contribution in [3.8, 4) is 0 Å². The van der Waals surface area contributed by atoms with E-state index in [9.17, 15) is 4.79 Å². The summed E-state index contributed by atoms with van der Waals surface area (Å²) in [6, 6.07) is 0. The van der Waals surface area contributed by atoms with E-state index in [2.05, 4.69) is 0 Å². The molecular formula is C10H16O3. The van der Waals surface area contributed by atoms with Crippen molar-refractivity contribution in [3.05, 3.63) is 0 Å². The Balaban J connectivity index is 1.97. The van der Waals surface area contributed by atoms with Crippen molar-refractivity contribution in [2.45, 2.75) is 44.8 Å².